The molecule has 0 aliphatic heterocycles. The van der Waals surface area contributed by atoms with Crippen molar-refractivity contribution in [1.82, 2.24) is 13.9 Å². The number of benzene rings is 1. The van der Waals surface area contributed by atoms with Crippen LogP contribution in [0.15, 0.2) is 52.5 Å². The summed E-state index contributed by atoms with van der Waals surface area (Å²) >= 11 is 7.08. The lowest BCUT2D eigenvalue weighted by atomic mass is 10.1. The highest BCUT2D eigenvalue weighted by Crippen LogP contribution is 2.36. The van der Waals surface area contributed by atoms with Gasteiger partial charge in [0.25, 0.3) is 0 Å². The second kappa shape index (κ2) is 8.03. The van der Waals surface area contributed by atoms with E-state index in [-0.39, 0.29) is 28.0 Å². The molecule has 4 rings (SSSR count). The summed E-state index contributed by atoms with van der Waals surface area (Å²) in [5.41, 5.74) is 1.74. The van der Waals surface area contributed by atoms with E-state index in [0.29, 0.717) is 27.0 Å². The number of carbonyl (C=O) groups is 1. The Morgan fingerprint density at radius 3 is 2.74 bits per heavy atom. The molecule has 0 saturated carbocycles. The molecule has 0 fully saturated rings. The molecule has 4 aromatic rings. The molecule has 0 spiro atoms. The predicted octanol–water partition coefficient (Wildman–Crippen LogP) is 4.10. The second-order valence-electron chi connectivity index (χ2n) is 6.78. The normalized spacial score (nSPS) is 11.8. The SMILES string of the molecule is Cc1c(Cc2snc(Cl)c2S(=O)(=O)c2ccccn2)c2cc(F)ccc2n1CC(=O)O. The predicted molar refractivity (Wildman–Crippen MR) is 114 cm³/mol. The summed E-state index contributed by atoms with van der Waals surface area (Å²) in [6.45, 7) is 1.41. The van der Waals surface area contributed by atoms with E-state index in [2.05, 4.69) is 9.36 Å². The van der Waals surface area contributed by atoms with E-state index in [1.807, 2.05) is 0 Å². The standard InChI is InChI=1S/C20H15ClFN3O4S2/c1-11-13(14-8-12(22)5-6-15(14)25(11)10-18(26)27)9-16-19(20(21)24-30-16)31(28,29)17-4-2-3-7-23-17/h2-8H,9-10H2,1H3,(H,26,27). The van der Waals surface area contributed by atoms with Crippen LogP contribution in [0.5, 0.6) is 0 Å². The van der Waals surface area contributed by atoms with Crippen molar-refractivity contribution in [3.05, 3.63) is 69.7 Å². The Labute approximate surface area is 185 Å². The van der Waals surface area contributed by atoms with Crippen molar-refractivity contribution in [2.75, 3.05) is 0 Å². The average molecular weight is 480 g/mol. The van der Waals surface area contributed by atoms with Crippen LogP contribution in [0, 0.1) is 12.7 Å². The molecule has 0 aliphatic rings. The number of aromatic nitrogens is 3. The van der Waals surface area contributed by atoms with Crippen molar-refractivity contribution in [2.45, 2.75) is 29.8 Å². The fourth-order valence-corrected chi connectivity index (χ4v) is 6.58. The molecule has 31 heavy (non-hydrogen) atoms. The number of rotatable bonds is 6. The minimum atomic E-state index is -4.03. The van der Waals surface area contributed by atoms with E-state index < -0.39 is 21.6 Å². The van der Waals surface area contributed by atoms with Gasteiger partial charge in [0.1, 0.15) is 17.3 Å². The zero-order chi connectivity index (χ0) is 22.3. The van der Waals surface area contributed by atoms with Gasteiger partial charge in [-0.05, 0) is 54.4 Å². The highest BCUT2D eigenvalue weighted by atomic mass is 35.5. The number of sulfone groups is 1. The number of nitrogens with zero attached hydrogens (tertiary/aromatic N) is 3. The van der Waals surface area contributed by atoms with Gasteiger partial charge in [0, 0.05) is 29.2 Å². The van der Waals surface area contributed by atoms with Crippen molar-refractivity contribution >= 4 is 49.8 Å². The molecular weight excluding hydrogens is 465 g/mol. The number of pyridine rings is 1. The van der Waals surface area contributed by atoms with E-state index in [0.717, 1.165) is 11.5 Å². The Kier molecular flexibility index (Phi) is 5.54. The molecule has 0 radical (unpaired) electrons. The van der Waals surface area contributed by atoms with Gasteiger partial charge in [-0.25, -0.2) is 17.8 Å². The van der Waals surface area contributed by atoms with Gasteiger partial charge in [0.05, 0.1) is 4.88 Å². The largest absolute Gasteiger partial charge is 0.480 e. The molecule has 0 unspecified atom stereocenters. The van der Waals surface area contributed by atoms with Gasteiger partial charge in [-0.1, -0.05) is 17.7 Å². The van der Waals surface area contributed by atoms with Crippen LogP contribution in [-0.4, -0.2) is 33.4 Å². The molecule has 0 amide bonds. The topological polar surface area (TPSA) is 102 Å². The molecule has 11 heteroatoms. The zero-order valence-corrected chi connectivity index (χ0v) is 18.4. The lowest BCUT2D eigenvalue weighted by Gasteiger charge is -2.07. The first-order valence-corrected chi connectivity index (χ1v) is 11.6. The molecule has 1 N–H and O–H groups in total. The average Bonchev–Trinajstić information content (AvgIpc) is 3.21. The van der Waals surface area contributed by atoms with Gasteiger partial charge in [0.15, 0.2) is 10.2 Å². The van der Waals surface area contributed by atoms with E-state index in [9.17, 15) is 22.7 Å². The molecular formula is C20H15ClFN3O4S2. The van der Waals surface area contributed by atoms with Crippen molar-refractivity contribution in [1.29, 1.82) is 0 Å². The monoisotopic (exact) mass is 479 g/mol. The maximum atomic E-state index is 14.0. The minimum absolute atomic E-state index is 0.0875. The van der Waals surface area contributed by atoms with E-state index in [4.69, 9.17) is 11.6 Å². The lowest BCUT2D eigenvalue weighted by molar-refractivity contribution is -0.137. The molecule has 3 heterocycles. The number of aliphatic carboxylic acids is 1. The maximum Gasteiger partial charge on any atom is 0.323 e. The summed E-state index contributed by atoms with van der Waals surface area (Å²) in [4.78, 5) is 15.5. The Morgan fingerprint density at radius 2 is 2.06 bits per heavy atom. The first-order valence-electron chi connectivity index (χ1n) is 8.99. The fourth-order valence-electron chi connectivity index (χ4n) is 3.52. The number of halogens is 2. The van der Waals surface area contributed by atoms with Gasteiger partial charge in [-0.15, -0.1) is 0 Å². The molecule has 7 nitrogen and oxygen atoms in total. The highest BCUT2D eigenvalue weighted by Gasteiger charge is 2.30. The molecule has 0 atom stereocenters. The Morgan fingerprint density at radius 1 is 1.29 bits per heavy atom. The van der Waals surface area contributed by atoms with Crippen molar-refractivity contribution in [2.24, 2.45) is 0 Å². The zero-order valence-electron chi connectivity index (χ0n) is 16.0. The van der Waals surface area contributed by atoms with Gasteiger partial charge >= 0.3 is 5.97 Å². The number of fused-ring (bicyclic) bond motifs is 1. The molecule has 3 aromatic heterocycles. The smallest absolute Gasteiger partial charge is 0.323 e. The van der Waals surface area contributed by atoms with Gasteiger partial charge in [0.2, 0.25) is 9.84 Å². The molecule has 0 saturated heterocycles. The Bertz CT molecular complexity index is 1420. The third-order valence-corrected chi connectivity index (χ3v) is 8.13. The summed E-state index contributed by atoms with van der Waals surface area (Å²) < 4.78 is 45.9. The number of hydrogen-bond donors (Lipinski definition) is 1. The number of hydrogen-bond acceptors (Lipinski definition) is 6. The lowest BCUT2D eigenvalue weighted by Crippen LogP contribution is -2.10. The summed E-state index contributed by atoms with van der Waals surface area (Å²) in [5.74, 6) is -1.53. The van der Waals surface area contributed by atoms with Crippen LogP contribution < -0.4 is 0 Å². The first kappa shape index (κ1) is 21.4. The second-order valence-corrected chi connectivity index (χ2v) is 9.83. The van der Waals surface area contributed by atoms with Crippen LogP contribution in [0.2, 0.25) is 5.15 Å². The van der Waals surface area contributed by atoms with Gasteiger partial charge in [-0.3, -0.25) is 4.79 Å². The molecule has 160 valence electrons. The Balaban J connectivity index is 1.88. The van der Waals surface area contributed by atoms with Crippen LogP contribution in [0.3, 0.4) is 0 Å². The van der Waals surface area contributed by atoms with Crippen molar-refractivity contribution < 1.29 is 22.7 Å². The quantitative estimate of drug-likeness (QED) is 0.446. The van der Waals surface area contributed by atoms with Crippen molar-refractivity contribution in [3.8, 4) is 0 Å². The van der Waals surface area contributed by atoms with Crippen LogP contribution in [0.25, 0.3) is 10.9 Å². The van der Waals surface area contributed by atoms with Gasteiger partial charge in [-0.2, -0.15) is 4.37 Å². The summed E-state index contributed by atoms with van der Waals surface area (Å²) in [6, 6.07) is 8.60. The van der Waals surface area contributed by atoms with E-state index in [1.54, 1.807) is 23.6 Å². The van der Waals surface area contributed by atoms with Crippen molar-refractivity contribution in [3.63, 3.8) is 0 Å². The van der Waals surface area contributed by atoms with E-state index >= 15 is 0 Å². The van der Waals surface area contributed by atoms with Crippen LogP contribution >= 0.6 is 23.1 Å². The van der Waals surface area contributed by atoms with Crippen LogP contribution in [0.1, 0.15) is 16.1 Å². The highest BCUT2D eigenvalue weighted by molar-refractivity contribution is 7.91. The van der Waals surface area contributed by atoms with Crippen LogP contribution in [-0.2, 0) is 27.6 Å². The number of carboxylic acid groups (broad SMARTS) is 1. The maximum absolute atomic E-state index is 14.0. The van der Waals surface area contributed by atoms with Gasteiger partial charge < -0.3 is 9.67 Å². The molecule has 1 aromatic carbocycles. The third kappa shape index (κ3) is 3.82. The van der Waals surface area contributed by atoms with Crippen LogP contribution in [0.4, 0.5) is 4.39 Å². The summed E-state index contributed by atoms with van der Waals surface area (Å²) in [6.07, 6.45) is 1.46. The third-order valence-electron chi connectivity index (χ3n) is 4.91. The summed E-state index contributed by atoms with van der Waals surface area (Å²) in [7, 11) is -4.03. The fraction of sp³-hybridized carbons (Fsp3) is 0.150. The minimum Gasteiger partial charge on any atom is -0.480 e. The molecule has 0 aliphatic carbocycles. The first-order chi connectivity index (χ1) is 14.7. The molecule has 0 bridgehead atoms. The summed E-state index contributed by atoms with van der Waals surface area (Å²) in [5, 5.41) is 9.46. The number of carboxylic acids is 1. The Hall–Kier alpha value is -2.82. The van der Waals surface area contributed by atoms with E-state index in [1.165, 1.54) is 30.5 Å².